The molecule has 0 unspecified atom stereocenters. The van der Waals surface area contributed by atoms with Crippen molar-refractivity contribution in [1.82, 2.24) is 9.21 Å². The normalized spacial score (nSPS) is 21.8. The molecule has 30 heavy (non-hydrogen) atoms. The second kappa shape index (κ2) is 9.03. The summed E-state index contributed by atoms with van der Waals surface area (Å²) in [4.78, 5) is 25.9. The number of benzene rings is 1. The molecule has 11 heteroatoms. The molecule has 0 spiro atoms. The molecule has 1 amide bonds. The summed E-state index contributed by atoms with van der Waals surface area (Å²) in [6.45, 7) is 0.360. The van der Waals surface area contributed by atoms with Gasteiger partial charge in [-0.05, 0) is 37.5 Å². The third kappa shape index (κ3) is 5.19. The first kappa shape index (κ1) is 22.7. The average Bonchev–Trinajstić information content (AvgIpc) is 3.11. The molecule has 9 nitrogen and oxygen atoms in total. The van der Waals surface area contributed by atoms with E-state index in [2.05, 4.69) is 0 Å². The minimum Gasteiger partial charge on any atom is -0.452 e. The van der Waals surface area contributed by atoms with Crippen LogP contribution in [0, 0.1) is 0 Å². The van der Waals surface area contributed by atoms with Gasteiger partial charge in [0.1, 0.15) is 0 Å². The summed E-state index contributed by atoms with van der Waals surface area (Å²) >= 11 is 0. The van der Waals surface area contributed by atoms with E-state index in [1.165, 1.54) is 40.5 Å². The Morgan fingerprint density at radius 1 is 1.20 bits per heavy atom. The van der Waals surface area contributed by atoms with Crippen molar-refractivity contribution in [2.75, 3.05) is 38.2 Å². The molecule has 2 fully saturated rings. The number of amides is 1. The van der Waals surface area contributed by atoms with Crippen molar-refractivity contribution < 1.29 is 31.2 Å². The van der Waals surface area contributed by atoms with Gasteiger partial charge in [-0.3, -0.25) is 4.79 Å². The van der Waals surface area contributed by atoms with Crippen LogP contribution in [0.3, 0.4) is 0 Å². The predicted molar refractivity (Wildman–Crippen MR) is 109 cm³/mol. The smallest absolute Gasteiger partial charge is 0.338 e. The second-order valence-electron chi connectivity index (χ2n) is 7.63. The fourth-order valence-electron chi connectivity index (χ4n) is 3.63. The van der Waals surface area contributed by atoms with Gasteiger partial charge in [-0.15, -0.1) is 0 Å². The fourth-order valence-corrected chi connectivity index (χ4v) is 6.97. The maximum absolute atomic E-state index is 12.8. The Balaban J connectivity index is 1.62. The lowest BCUT2D eigenvalue weighted by Gasteiger charge is -2.26. The molecular weight excluding hydrogens is 432 g/mol. The van der Waals surface area contributed by atoms with Gasteiger partial charge in [0.05, 0.1) is 22.0 Å². The maximum Gasteiger partial charge on any atom is 0.338 e. The molecule has 0 N–H and O–H groups in total. The molecular formula is C19H26N2O7S2. The summed E-state index contributed by atoms with van der Waals surface area (Å²) in [6.07, 6.45) is 2.96. The molecule has 0 aromatic heterocycles. The number of carbonyl (C=O) groups excluding carboxylic acids is 2. The van der Waals surface area contributed by atoms with Gasteiger partial charge in [0.2, 0.25) is 10.0 Å². The van der Waals surface area contributed by atoms with E-state index in [0.717, 1.165) is 19.3 Å². The number of likely N-dealkylation sites (N-methyl/N-ethyl adjacent to an activating group) is 1. The van der Waals surface area contributed by atoms with Crippen LogP contribution >= 0.6 is 0 Å². The zero-order valence-electron chi connectivity index (χ0n) is 16.8. The molecule has 3 rings (SSSR count). The number of rotatable bonds is 6. The number of sulfone groups is 1. The quantitative estimate of drug-likeness (QED) is 0.575. The van der Waals surface area contributed by atoms with Gasteiger partial charge in [0.25, 0.3) is 5.91 Å². The number of nitrogens with zero attached hydrogens (tertiary/aromatic N) is 2. The van der Waals surface area contributed by atoms with Crippen LogP contribution in [0.5, 0.6) is 0 Å². The molecule has 1 aromatic carbocycles. The van der Waals surface area contributed by atoms with E-state index in [1.807, 2.05) is 0 Å². The third-order valence-electron chi connectivity index (χ3n) is 5.50. The Hall–Kier alpha value is -1.98. The molecule has 0 saturated carbocycles. The number of ether oxygens (including phenoxy) is 1. The summed E-state index contributed by atoms with van der Waals surface area (Å²) in [5, 5.41) is 0. The maximum atomic E-state index is 12.8. The number of esters is 1. The van der Waals surface area contributed by atoms with Gasteiger partial charge in [-0.1, -0.05) is 12.5 Å². The average molecular weight is 459 g/mol. The van der Waals surface area contributed by atoms with Gasteiger partial charge in [-0.25, -0.2) is 21.6 Å². The third-order valence-corrected chi connectivity index (χ3v) is 9.14. The van der Waals surface area contributed by atoms with E-state index in [1.54, 1.807) is 0 Å². The van der Waals surface area contributed by atoms with Crippen LogP contribution in [0.1, 0.15) is 36.0 Å². The highest BCUT2D eigenvalue weighted by Gasteiger charge is 2.33. The van der Waals surface area contributed by atoms with E-state index in [-0.39, 0.29) is 22.0 Å². The van der Waals surface area contributed by atoms with Crippen LogP contribution in [0.4, 0.5) is 0 Å². The van der Waals surface area contributed by atoms with Gasteiger partial charge >= 0.3 is 5.97 Å². The summed E-state index contributed by atoms with van der Waals surface area (Å²) in [5.41, 5.74) is 0.0342. The number of hydrogen-bond acceptors (Lipinski definition) is 7. The summed E-state index contributed by atoms with van der Waals surface area (Å²) < 4.78 is 55.2. The monoisotopic (exact) mass is 458 g/mol. The van der Waals surface area contributed by atoms with Gasteiger partial charge < -0.3 is 9.64 Å². The van der Waals surface area contributed by atoms with Gasteiger partial charge in [0.15, 0.2) is 16.4 Å². The van der Waals surface area contributed by atoms with E-state index in [0.29, 0.717) is 19.5 Å². The highest BCUT2D eigenvalue weighted by atomic mass is 32.2. The Bertz CT molecular complexity index is 1020. The summed E-state index contributed by atoms with van der Waals surface area (Å²) in [6, 6.07) is 5.14. The Morgan fingerprint density at radius 2 is 1.90 bits per heavy atom. The summed E-state index contributed by atoms with van der Waals surface area (Å²) in [7, 11) is -5.35. The van der Waals surface area contributed by atoms with Crippen LogP contribution in [0.15, 0.2) is 29.2 Å². The van der Waals surface area contributed by atoms with E-state index >= 15 is 0 Å². The SMILES string of the molecule is CN(C(=O)COC(=O)c1cccc(S(=O)(=O)N2CCCCC2)c1)[C@H]1CCS(=O)(=O)C1. The predicted octanol–water partition coefficient (Wildman–Crippen LogP) is 0.664. The highest BCUT2D eigenvalue weighted by Crippen LogP contribution is 2.22. The van der Waals surface area contributed by atoms with Crippen LogP contribution in [0.2, 0.25) is 0 Å². The first-order valence-electron chi connectivity index (χ1n) is 9.83. The minimum atomic E-state index is -3.69. The lowest BCUT2D eigenvalue weighted by molar-refractivity contribution is -0.134. The van der Waals surface area contributed by atoms with Crippen molar-refractivity contribution in [3.8, 4) is 0 Å². The van der Waals surface area contributed by atoms with Crippen LogP contribution in [0.25, 0.3) is 0 Å². The number of hydrogen-bond donors (Lipinski definition) is 0. The molecule has 2 saturated heterocycles. The lowest BCUT2D eigenvalue weighted by atomic mass is 10.2. The van der Waals surface area contributed by atoms with Crippen molar-refractivity contribution in [1.29, 1.82) is 0 Å². The molecule has 2 aliphatic rings. The Morgan fingerprint density at radius 3 is 2.53 bits per heavy atom. The first-order valence-corrected chi connectivity index (χ1v) is 13.1. The summed E-state index contributed by atoms with van der Waals surface area (Å²) in [5.74, 6) is -1.39. The van der Waals surface area contributed by atoms with Crippen LogP contribution in [-0.4, -0.2) is 82.2 Å². The first-order chi connectivity index (χ1) is 14.1. The van der Waals surface area contributed by atoms with Gasteiger partial charge in [0, 0.05) is 26.2 Å². The fraction of sp³-hybridized carbons (Fsp3) is 0.579. The number of sulfonamides is 1. The standard InChI is InChI=1S/C19H26N2O7S2/c1-20(16-8-11-29(24,25)14-16)18(22)13-28-19(23)15-6-5-7-17(12-15)30(26,27)21-9-3-2-4-10-21/h5-7,12,16H,2-4,8-11,13-14H2,1H3/t16-/m0/s1. The van der Waals surface area contributed by atoms with Gasteiger partial charge in [-0.2, -0.15) is 4.31 Å². The molecule has 2 heterocycles. The van der Waals surface area contributed by atoms with E-state index in [9.17, 15) is 26.4 Å². The second-order valence-corrected chi connectivity index (χ2v) is 11.8. The topological polar surface area (TPSA) is 118 Å². The van der Waals surface area contributed by atoms with Crippen molar-refractivity contribution in [3.05, 3.63) is 29.8 Å². The molecule has 1 aromatic rings. The highest BCUT2D eigenvalue weighted by molar-refractivity contribution is 7.91. The molecule has 0 radical (unpaired) electrons. The van der Waals surface area contributed by atoms with Crippen LogP contribution < -0.4 is 0 Å². The van der Waals surface area contributed by atoms with E-state index in [4.69, 9.17) is 4.74 Å². The van der Waals surface area contributed by atoms with Crippen molar-refractivity contribution in [2.24, 2.45) is 0 Å². The number of piperidine rings is 1. The molecule has 1 atom stereocenters. The molecule has 2 aliphatic heterocycles. The van der Waals surface area contributed by atoms with Crippen LogP contribution in [-0.2, 0) is 29.4 Å². The molecule has 0 aliphatic carbocycles. The molecule has 166 valence electrons. The number of carbonyl (C=O) groups is 2. The van der Waals surface area contributed by atoms with Crippen molar-refractivity contribution in [2.45, 2.75) is 36.6 Å². The van der Waals surface area contributed by atoms with E-state index < -0.39 is 44.4 Å². The Labute approximate surface area is 177 Å². The minimum absolute atomic E-state index is 0.0125. The lowest BCUT2D eigenvalue weighted by Crippen LogP contribution is -2.40. The molecule has 0 bridgehead atoms. The largest absolute Gasteiger partial charge is 0.452 e. The van der Waals surface area contributed by atoms with Crippen molar-refractivity contribution in [3.63, 3.8) is 0 Å². The Kier molecular flexibility index (Phi) is 6.83. The zero-order valence-corrected chi connectivity index (χ0v) is 18.5. The zero-order chi connectivity index (χ0) is 21.9. The van der Waals surface area contributed by atoms with Crippen molar-refractivity contribution >= 4 is 31.7 Å².